The van der Waals surface area contributed by atoms with Crippen LogP contribution < -0.4 is 4.90 Å². The van der Waals surface area contributed by atoms with Gasteiger partial charge < -0.3 is 4.90 Å². The minimum atomic E-state index is 0.911. The summed E-state index contributed by atoms with van der Waals surface area (Å²) in [6.07, 6.45) is 2.41. The second-order valence-corrected chi connectivity index (χ2v) is 7.51. The van der Waals surface area contributed by atoms with Gasteiger partial charge in [-0.2, -0.15) is 0 Å². The van der Waals surface area contributed by atoms with Crippen LogP contribution in [0.4, 0.5) is 5.69 Å². The summed E-state index contributed by atoms with van der Waals surface area (Å²) in [6.45, 7) is 4.19. The summed E-state index contributed by atoms with van der Waals surface area (Å²) in [5.41, 5.74) is 4.20. The number of hydrogen-bond donors (Lipinski definition) is 0. The molecule has 1 aliphatic heterocycles. The molecule has 22 heavy (non-hydrogen) atoms. The first-order valence-corrected chi connectivity index (χ1v) is 8.92. The van der Waals surface area contributed by atoms with Gasteiger partial charge in [-0.1, -0.05) is 47.5 Å². The lowest BCUT2D eigenvalue weighted by Crippen LogP contribution is -2.28. The molecular weight excluding hydrogens is 310 g/mol. The number of thiophene rings is 1. The number of benzene rings is 2. The molecule has 0 spiro atoms. The average Bonchev–Trinajstić information content (AvgIpc) is 2.84. The highest BCUT2D eigenvalue weighted by Gasteiger charge is 2.19. The van der Waals surface area contributed by atoms with Crippen LogP contribution in [0.25, 0.3) is 10.1 Å². The van der Waals surface area contributed by atoms with E-state index in [1.54, 1.807) is 0 Å². The van der Waals surface area contributed by atoms with Crippen LogP contribution >= 0.6 is 22.9 Å². The monoisotopic (exact) mass is 327 g/mol. The van der Waals surface area contributed by atoms with Crippen LogP contribution in [0.1, 0.15) is 22.4 Å². The average molecular weight is 328 g/mol. The van der Waals surface area contributed by atoms with Crippen molar-refractivity contribution in [1.82, 2.24) is 0 Å². The molecule has 0 N–H and O–H groups in total. The van der Waals surface area contributed by atoms with Gasteiger partial charge in [0.1, 0.15) is 0 Å². The first-order chi connectivity index (χ1) is 10.7. The number of anilines is 1. The molecular formula is C19H18ClNS. The maximum atomic E-state index is 6.61. The molecule has 1 aromatic heterocycles. The topological polar surface area (TPSA) is 3.24 Å². The Morgan fingerprint density at radius 2 is 2.05 bits per heavy atom. The normalized spacial score (nSPS) is 14.4. The molecule has 0 unspecified atom stereocenters. The maximum Gasteiger partial charge on any atom is 0.0642 e. The number of rotatable bonds is 2. The third-order valence-corrected chi connectivity index (χ3v) is 6.09. The quantitative estimate of drug-likeness (QED) is 0.573. The number of fused-ring (bicyclic) bond motifs is 2. The molecule has 4 rings (SSSR count). The van der Waals surface area contributed by atoms with Crippen molar-refractivity contribution in [3.8, 4) is 0 Å². The van der Waals surface area contributed by atoms with Gasteiger partial charge in [0.2, 0.25) is 0 Å². The Labute approximate surface area is 140 Å². The molecule has 3 heteroatoms. The number of nitrogens with zero attached hydrogens (tertiary/aromatic N) is 1. The van der Waals surface area contributed by atoms with Crippen LogP contribution in [-0.2, 0) is 13.0 Å². The molecule has 0 aliphatic carbocycles. The molecule has 0 amide bonds. The molecule has 0 bridgehead atoms. The first kappa shape index (κ1) is 14.1. The lowest BCUT2D eigenvalue weighted by molar-refractivity contribution is 0.694. The van der Waals surface area contributed by atoms with Gasteiger partial charge in [0, 0.05) is 27.2 Å². The van der Waals surface area contributed by atoms with Gasteiger partial charge in [-0.3, -0.25) is 0 Å². The van der Waals surface area contributed by atoms with Crippen molar-refractivity contribution in [2.24, 2.45) is 0 Å². The third kappa shape index (κ3) is 2.41. The lowest BCUT2D eigenvalue weighted by Gasteiger charge is -2.31. The summed E-state index contributed by atoms with van der Waals surface area (Å²) in [5, 5.41) is 2.12. The van der Waals surface area contributed by atoms with Crippen LogP contribution in [0.2, 0.25) is 5.02 Å². The van der Waals surface area contributed by atoms with E-state index in [2.05, 4.69) is 54.3 Å². The largest absolute Gasteiger partial charge is 0.366 e. The van der Waals surface area contributed by atoms with Crippen molar-refractivity contribution in [1.29, 1.82) is 0 Å². The first-order valence-electron chi connectivity index (χ1n) is 7.73. The van der Waals surface area contributed by atoms with Crippen molar-refractivity contribution in [3.63, 3.8) is 0 Å². The molecule has 1 aliphatic rings. The van der Waals surface area contributed by atoms with Crippen molar-refractivity contribution in [2.45, 2.75) is 26.3 Å². The summed E-state index contributed by atoms with van der Waals surface area (Å²) in [5.74, 6) is 0. The Bertz CT molecular complexity index is 837. The van der Waals surface area contributed by atoms with Crippen LogP contribution in [0.5, 0.6) is 0 Å². The van der Waals surface area contributed by atoms with Gasteiger partial charge in [0.15, 0.2) is 0 Å². The maximum absolute atomic E-state index is 6.61. The minimum absolute atomic E-state index is 0.911. The Morgan fingerprint density at radius 1 is 1.18 bits per heavy atom. The zero-order valence-electron chi connectivity index (χ0n) is 12.6. The molecule has 0 fully saturated rings. The number of hydrogen-bond acceptors (Lipinski definition) is 2. The Morgan fingerprint density at radius 3 is 2.91 bits per heavy atom. The fraction of sp³-hybridized carbons (Fsp3) is 0.263. The molecule has 0 saturated carbocycles. The Hall–Kier alpha value is -1.51. The van der Waals surface area contributed by atoms with E-state index in [0.717, 1.165) is 18.1 Å². The summed E-state index contributed by atoms with van der Waals surface area (Å²) < 4.78 is 1.28. The third-order valence-electron chi connectivity index (χ3n) is 4.39. The smallest absolute Gasteiger partial charge is 0.0642 e. The molecule has 2 aromatic carbocycles. The van der Waals surface area contributed by atoms with E-state index in [9.17, 15) is 0 Å². The van der Waals surface area contributed by atoms with Gasteiger partial charge in [0.25, 0.3) is 0 Å². The molecule has 0 atom stereocenters. The van der Waals surface area contributed by atoms with Gasteiger partial charge in [0.05, 0.1) is 11.6 Å². The molecule has 1 nitrogen and oxygen atoms in total. The molecule has 3 aromatic rings. The standard InChI is InChI=1S/C19H18ClNS/c1-13-8-9-16-14(11-13)5-4-10-21(16)12-18-19(20)15-6-2-3-7-17(15)22-18/h2-3,6-9,11H,4-5,10,12H2,1H3. The van der Waals surface area contributed by atoms with Crippen molar-refractivity contribution < 1.29 is 0 Å². The van der Waals surface area contributed by atoms with Gasteiger partial charge in [-0.25, -0.2) is 0 Å². The van der Waals surface area contributed by atoms with E-state index in [1.165, 1.54) is 44.6 Å². The summed E-state index contributed by atoms with van der Waals surface area (Å²) in [4.78, 5) is 3.76. The second-order valence-electron chi connectivity index (χ2n) is 5.99. The van der Waals surface area contributed by atoms with Crippen molar-refractivity contribution >= 4 is 38.7 Å². The van der Waals surface area contributed by atoms with E-state index in [1.807, 2.05) is 11.3 Å². The number of halogens is 1. The van der Waals surface area contributed by atoms with Gasteiger partial charge in [-0.05, 0) is 37.5 Å². The van der Waals surface area contributed by atoms with Gasteiger partial charge in [-0.15, -0.1) is 11.3 Å². The van der Waals surface area contributed by atoms with Crippen LogP contribution in [0.15, 0.2) is 42.5 Å². The van der Waals surface area contributed by atoms with Crippen molar-refractivity contribution in [3.05, 3.63) is 63.5 Å². The van der Waals surface area contributed by atoms with Crippen LogP contribution in [0, 0.1) is 6.92 Å². The summed E-state index contributed by atoms with van der Waals surface area (Å²) in [6, 6.07) is 15.2. The second kappa shape index (κ2) is 5.60. The fourth-order valence-corrected chi connectivity index (χ4v) is 4.82. The van der Waals surface area contributed by atoms with Crippen LogP contribution in [0.3, 0.4) is 0 Å². The SMILES string of the molecule is Cc1ccc2c(c1)CCCN2Cc1sc2ccccc2c1Cl. The minimum Gasteiger partial charge on any atom is -0.366 e. The van der Waals surface area contributed by atoms with E-state index in [-0.39, 0.29) is 0 Å². The molecule has 0 radical (unpaired) electrons. The highest BCUT2D eigenvalue weighted by Crippen LogP contribution is 2.38. The lowest BCUT2D eigenvalue weighted by atomic mass is 9.99. The Kier molecular flexibility index (Phi) is 3.59. The Balaban J connectivity index is 1.70. The van der Waals surface area contributed by atoms with Gasteiger partial charge >= 0.3 is 0 Å². The number of aryl methyl sites for hydroxylation is 2. The fourth-order valence-electron chi connectivity index (χ4n) is 3.31. The van der Waals surface area contributed by atoms with E-state index >= 15 is 0 Å². The molecule has 2 heterocycles. The zero-order chi connectivity index (χ0) is 15.1. The van der Waals surface area contributed by atoms with E-state index in [0.29, 0.717) is 0 Å². The molecule has 0 saturated heterocycles. The zero-order valence-corrected chi connectivity index (χ0v) is 14.2. The summed E-state index contributed by atoms with van der Waals surface area (Å²) >= 11 is 8.43. The van der Waals surface area contributed by atoms with Crippen molar-refractivity contribution in [2.75, 3.05) is 11.4 Å². The predicted octanol–water partition coefficient (Wildman–Crippen LogP) is 5.82. The van der Waals surface area contributed by atoms with Crippen LogP contribution in [-0.4, -0.2) is 6.54 Å². The summed E-state index contributed by atoms with van der Waals surface area (Å²) in [7, 11) is 0. The predicted molar refractivity (Wildman–Crippen MR) is 97.4 cm³/mol. The van der Waals surface area contributed by atoms with E-state index in [4.69, 9.17) is 11.6 Å². The van der Waals surface area contributed by atoms with E-state index < -0.39 is 0 Å². The highest BCUT2D eigenvalue weighted by atomic mass is 35.5. The highest BCUT2D eigenvalue weighted by molar-refractivity contribution is 7.19. The molecule has 112 valence electrons.